The van der Waals surface area contributed by atoms with Gasteiger partial charge in [0.1, 0.15) is 5.75 Å². The van der Waals surface area contributed by atoms with Crippen molar-refractivity contribution in [1.82, 2.24) is 9.21 Å². The van der Waals surface area contributed by atoms with Gasteiger partial charge in [-0.1, -0.05) is 54.6 Å². The molecule has 8 heteroatoms. The predicted molar refractivity (Wildman–Crippen MR) is 128 cm³/mol. The van der Waals surface area contributed by atoms with Crippen molar-refractivity contribution in [3.8, 4) is 5.75 Å². The zero-order chi connectivity index (χ0) is 24.1. The van der Waals surface area contributed by atoms with Gasteiger partial charge in [0, 0.05) is 39.5 Å². The summed E-state index contributed by atoms with van der Waals surface area (Å²) in [6.45, 7) is 2.58. The van der Waals surface area contributed by atoms with Crippen LogP contribution in [0.15, 0.2) is 83.8 Å². The highest BCUT2D eigenvalue weighted by atomic mass is 32.2. The third kappa shape index (κ3) is 5.35. The van der Waals surface area contributed by atoms with E-state index in [1.165, 1.54) is 35.5 Å². The Kier molecular flexibility index (Phi) is 7.09. The number of carbonyl (C=O) groups is 2. The fourth-order valence-corrected chi connectivity index (χ4v) is 5.37. The number of ether oxygens (including phenoxy) is 1. The van der Waals surface area contributed by atoms with Crippen LogP contribution in [0.3, 0.4) is 0 Å². The second-order valence-corrected chi connectivity index (χ2v) is 10.0. The van der Waals surface area contributed by atoms with Crippen molar-refractivity contribution in [2.45, 2.75) is 18.2 Å². The van der Waals surface area contributed by atoms with Gasteiger partial charge in [0.25, 0.3) is 0 Å². The van der Waals surface area contributed by atoms with Crippen LogP contribution in [0.4, 0.5) is 0 Å². The summed E-state index contributed by atoms with van der Waals surface area (Å²) in [5.74, 6) is -0.265. The Morgan fingerprint density at radius 2 is 1.53 bits per heavy atom. The highest BCUT2D eigenvalue weighted by Gasteiger charge is 2.29. The molecule has 1 amide bonds. The number of nitrogens with zero attached hydrogens (tertiary/aromatic N) is 2. The minimum atomic E-state index is -3.80. The predicted octanol–water partition coefficient (Wildman–Crippen LogP) is 3.35. The van der Waals surface area contributed by atoms with Crippen molar-refractivity contribution in [2.24, 2.45) is 0 Å². The van der Waals surface area contributed by atoms with Crippen molar-refractivity contribution >= 4 is 21.9 Å². The van der Waals surface area contributed by atoms with Gasteiger partial charge in [0.15, 0.2) is 0 Å². The smallest absolute Gasteiger partial charge is 0.343 e. The first kappa shape index (κ1) is 23.7. The third-order valence-corrected chi connectivity index (χ3v) is 7.70. The van der Waals surface area contributed by atoms with Crippen LogP contribution < -0.4 is 4.74 Å². The maximum absolute atomic E-state index is 13.1. The highest BCUT2D eigenvalue weighted by Crippen LogP contribution is 2.24. The Morgan fingerprint density at radius 1 is 0.853 bits per heavy atom. The van der Waals surface area contributed by atoms with Gasteiger partial charge in [-0.15, -0.1) is 0 Å². The molecule has 4 rings (SSSR count). The summed E-state index contributed by atoms with van der Waals surface area (Å²) in [5.41, 5.74) is 2.09. The SMILES string of the molecule is CC(=O)N1CCN(S(=O)(=O)c2cccc(C(=O)Oc3ccccc3Cc3ccccc3)c2)CC1. The molecule has 0 unspecified atom stereocenters. The van der Waals surface area contributed by atoms with Crippen molar-refractivity contribution < 1.29 is 22.7 Å². The molecule has 0 atom stereocenters. The lowest BCUT2D eigenvalue weighted by atomic mass is 10.0. The van der Waals surface area contributed by atoms with Crippen LogP contribution in [-0.2, 0) is 21.2 Å². The number of amides is 1. The number of rotatable bonds is 6. The normalized spacial score (nSPS) is 14.6. The van der Waals surface area contributed by atoms with E-state index in [2.05, 4.69) is 0 Å². The Morgan fingerprint density at radius 3 is 2.24 bits per heavy atom. The monoisotopic (exact) mass is 478 g/mol. The van der Waals surface area contributed by atoms with Crippen molar-refractivity contribution in [1.29, 1.82) is 0 Å². The number of sulfonamides is 1. The largest absolute Gasteiger partial charge is 0.423 e. The standard InChI is InChI=1S/C26H26N2O5S/c1-20(29)27-14-16-28(17-15-27)34(31,32)24-12-7-11-23(19-24)26(30)33-25-13-6-5-10-22(25)18-21-8-3-2-4-9-21/h2-13,19H,14-18H2,1H3. The number of hydrogen-bond donors (Lipinski definition) is 0. The lowest BCUT2D eigenvalue weighted by molar-refractivity contribution is -0.129. The van der Waals surface area contributed by atoms with Crippen molar-refractivity contribution in [3.63, 3.8) is 0 Å². The lowest BCUT2D eigenvalue weighted by Crippen LogP contribution is -2.49. The van der Waals surface area contributed by atoms with Crippen LogP contribution >= 0.6 is 0 Å². The number of benzene rings is 3. The number of piperazine rings is 1. The average molecular weight is 479 g/mol. The Labute approximate surface area is 199 Å². The summed E-state index contributed by atoms with van der Waals surface area (Å²) >= 11 is 0. The molecule has 7 nitrogen and oxygen atoms in total. The summed E-state index contributed by atoms with van der Waals surface area (Å²) in [6.07, 6.45) is 0.602. The number of esters is 1. The second-order valence-electron chi connectivity index (χ2n) is 8.10. The van der Waals surface area contributed by atoms with Crippen LogP contribution in [0.5, 0.6) is 5.75 Å². The minimum Gasteiger partial charge on any atom is -0.423 e. The van der Waals surface area contributed by atoms with Crippen LogP contribution in [-0.4, -0.2) is 55.7 Å². The van der Waals surface area contributed by atoms with E-state index in [0.29, 0.717) is 25.3 Å². The van der Waals surface area contributed by atoms with E-state index in [1.807, 2.05) is 42.5 Å². The molecular weight excluding hydrogens is 452 g/mol. The van der Waals surface area contributed by atoms with Gasteiger partial charge in [-0.25, -0.2) is 13.2 Å². The van der Waals surface area contributed by atoms with E-state index >= 15 is 0 Å². The molecule has 0 aliphatic carbocycles. The van der Waals surface area contributed by atoms with Crippen LogP contribution in [0.25, 0.3) is 0 Å². The lowest BCUT2D eigenvalue weighted by Gasteiger charge is -2.33. The molecule has 1 fully saturated rings. The van der Waals surface area contributed by atoms with Gasteiger partial charge in [-0.2, -0.15) is 4.31 Å². The Bertz CT molecular complexity index is 1280. The summed E-state index contributed by atoms with van der Waals surface area (Å²) in [6, 6.07) is 23.0. The van der Waals surface area contributed by atoms with E-state index in [4.69, 9.17) is 4.74 Å². The number of para-hydroxylation sites is 1. The van der Waals surface area contributed by atoms with Gasteiger partial charge >= 0.3 is 5.97 Å². The Balaban J connectivity index is 1.50. The van der Waals surface area contributed by atoms with Crippen molar-refractivity contribution in [2.75, 3.05) is 26.2 Å². The highest BCUT2D eigenvalue weighted by molar-refractivity contribution is 7.89. The van der Waals surface area contributed by atoms with Crippen LogP contribution in [0.1, 0.15) is 28.4 Å². The van der Waals surface area contributed by atoms with Crippen LogP contribution in [0, 0.1) is 0 Å². The number of carbonyl (C=O) groups excluding carboxylic acids is 2. The van der Waals surface area contributed by atoms with E-state index in [1.54, 1.807) is 17.0 Å². The van der Waals surface area contributed by atoms with Crippen molar-refractivity contribution in [3.05, 3.63) is 95.6 Å². The molecule has 34 heavy (non-hydrogen) atoms. The molecule has 1 saturated heterocycles. The first-order chi connectivity index (χ1) is 16.3. The average Bonchev–Trinajstić information content (AvgIpc) is 2.86. The van der Waals surface area contributed by atoms with E-state index < -0.39 is 16.0 Å². The van der Waals surface area contributed by atoms with Gasteiger partial charge in [-0.3, -0.25) is 4.79 Å². The van der Waals surface area contributed by atoms with Gasteiger partial charge in [0.05, 0.1) is 10.5 Å². The first-order valence-corrected chi connectivity index (χ1v) is 12.5. The number of hydrogen-bond acceptors (Lipinski definition) is 5. The summed E-state index contributed by atoms with van der Waals surface area (Å²) in [5, 5.41) is 0. The zero-order valence-electron chi connectivity index (χ0n) is 18.9. The van der Waals surface area contributed by atoms with Gasteiger partial charge in [-0.05, 0) is 35.4 Å². The molecule has 1 aliphatic rings. The molecule has 0 aromatic heterocycles. The Hall–Kier alpha value is -3.49. The molecule has 176 valence electrons. The topological polar surface area (TPSA) is 84.0 Å². The van der Waals surface area contributed by atoms with Gasteiger partial charge < -0.3 is 9.64 Å². The minimum absolute atomic E-state index is 0.0239. The van der Waals surface area contributed by atoms with E-state index in [9.17, 15) is 18.0 Å². The van der Waals surface area contributed by atoms with Crippen LogP contribution in [0.2, 0.25) is 0 Å². The molecule has 0 radical (unpaired) electrons. The second kappa shape index (κ2) is 10.2. The molecule has 0 bridgehead atoms. The maximum atomic E-state index is 13.1. The quantitative estimate of drug-likeness (QED) is 0.401. The summed E-state index contributed by atoms with van der Waals surface area (Å²) in [4.78, 5) is 26.1. The molecule has 0 spiro atoms. The first-order valence-electron chi connectivity index (χ1n) is 11.0. The molecule has 0 saturated carbocycles. The maximum Gasteiger partial charge on any atom is 0.343 e. The van der Waals surface area contributed by atoms with E-state index in [0.717, 1.165) is 11.1 Å². The van der Waals surface area contributed by atoms with E-state index in [-0.39, 0.29) is 29.5 Å². The fraction of sp³-hybridized carbons (Fsp3) is 0.231. The summed E-state index contributed by atoms with van der Waals surface area (Å²) in [7, 11) is -3.80. The summed E-state index contributed by atoms with van der Waals surface area (Å²) < 4.78 is 33.3. The fourth-order valence-electron chi connectivity index (χ4n) is 3.90. The molecular formula is C26H26N2O5S. The molecule has 1 aliphatic heterocycles. The van der Waals surface area contributed by atoms with Gasteiger partial charge in [0.2, 0.25) is 15.9 Å². The third-order valence-electron chi connectivity index (χ3n) is 5.80. The zero-order valence-corrected chi connectivity index (χ0v) is 19.7. The molecule has 3 aromatic rings. The molecule has 0 N–H and O–H groups in total. The molecule has 3 aromatic carbocycles. The molecule has 1 heterocycles.